The topological polar surface area (TPSA) is 95.9 Å². The average Bonchev–Trinajstić information content (AvgIpc) is 3.45. The lowest BCUT2D eigenvalue weighted by Crippen LogP contribution is -2.45. The van der Waals surface area contributed by atoms with Gasteiger partial charge in [0.2, 0.25) is 5.91 Å². The lowest BCUT2D eigenvalue weighted by molar-refractivity contribution is -0.143. The Bertz CT molecular complexity index is 1190. The summed E-state index contributed by atoms with van der Waals surface area (Å²) in [6.45, 7) is 5.00. The van der Waals surface area contributed by atoms with Crippen LogP contribution in [0.4, 0.5) is 0 Å². The van der Waals surface area contributed by atoms with Crippen molar-refractivity contribution < 1.29 is 24.5 Å². The zero-order chi connectivity index (χ0) is 57.1. The summed E-state index contributed by atoms with van der Waals surface area (Å²) in [4.78, 5) is 24.6. The molecule has 0 aliphatic rings. The molecule has 0 saturated carbocycles. The summed E-state index contributed by atoms with van der Waals surface area (Å²) < 4.78 is 5.48. The molecule has 0 heterocycles. The zero-order valence-electron chi connectivity index (χ0n) is 53.9. The number of aliphatic hydroxyl groups excluding tert-OH is 2. The number of aliphatic hydroxyl groups is 2. The van der Waals surface area contributed by atoms with Crippen LogP contribution in [-0.4, -0.2) is 47.4 Å². The highest BCUT2D eigenvalue weighted by Gasteiger charge is 2.20. The summed E-state index contributed by atoms with van der Waals surface area (Å²) in [7, 11) is 0. The Labute approximate surface area is 495 Å². The van der Waals surface area contributed by atoms with Gasteiger partial charge in [-0.05, 0) is 51.4 Å². The first-order chi connectivity index (χ1) is 39.0. The predicted molar refractivity (Wildman–Crippen MR) is 347 cm³/mol. The molecular formula is C73H143NO5. The van der Waals surface area contributed by atoms with Crippen molar-refractivity contribution in [1.29, 1.82) is 0 Å². The van der Waals surface area contributed by atoms with E-state index in [1.54, 1.807) is 0 Å². The molecule has 0 spiro atoms. The Morgan fingerprint density at radius 2 is 0.595 bits per heavy atom. The van der Waals surface area contributed by atoms with Gasteiger partial charge in [0.15, 0.2) is 0 Å². The van der Waals surface area contributed by atoms with Crippen molar-refractivity contribution in [1.82, 2.24) is 5.32 Å². The van der Waals surface area contributed by atoms with Gasteiger partial charge in [0.1, 0.15) is 0 Å². The molecule has 0 saturated heterocycles. The van der Waals surface area contributed by atoms with Crippen molar-refractivity contribution in [2.24, 2.45) is 0 Å². The second-order valence-corrected chi connectivity index (χ2v) is 25.3. The van der Waals surface area contributed by atoms with Crippen LogP contribution in [0.3, 0.4) is 0 Å². The summed E-state index contributed by atoms with van der Waals surface area (Å²) in [6, 6.07) is -0.540. The Hall–Kier alpha value is -1.40. The fraction of sp³-hybridized carbons (Fsp3) is 0.945. The van der Waals surface area contributed by atoms with Gasteiger partial charge >= 0.3 is 5.97 Å². The van der Waals surface area contributed by atoms with Gasteiger partial charge in [-0.3, -0.25) is 9.59 Å². The Balaban J connectivity index is 3.36. The Morgan fingerprint density at radius 1 is 0.342 bits per heavy atom. The van der Waals surface area contributed by atoms with Crippen molar-refractivity contribution in [2.75, 3.05) is 13.2 Å². The summed E-state index contributed by atoms with van der Waals surface area (Å²) in [6.07, 6.45) is 85.6. The third-order valence-electron chi connectivity index (χ3n) is 17.3. The number of ether oxygens (including phenoxy) is 1. The number of esters is 1. The molecule has 0 bridgehead atoms. The number of allylic oxidation sites excluding steroid dienone is 2. The predicted octanol–water partition coefficient (Wildman–Crippen LogP) is 23.5. The number of unbranched alkanes of at least 4 members (excludes halogenated alkanes) is 56. The average molecular weight is 1110 g/mol. The fourth-order valence-electron chi connectivity index (χ4n) is 11.8. The van der Waals surface area contributed by atoms with Crippen molar-refractivity contribution in [3.8, 4) is 0 Å². The molecule has 0 aromatic carbocycles. The molecule has 6 nitrogen and oxygen atoms in total. The summed E-state index contributed by atoms with van der Waals surface area (Å²) in [5, 5.41) is 23.4. The number of carbonyl (C=O) groups excluding carboxylic acids is 2. The van der Waals surface area contributed by atoms with Gasteiger partial charge in [-0.15, -0.1) is 0 Å². The van der Waals surface area contributed by atoms with Crippen LogP contribution in [0.25, 0.3) is 0 Å². The smallest absolute Gasteiger partial charge is 0.305 e. The minimum absolute atomic E-state index is 0.0183. The van der Waals surface area contributed by atoms with Crippen molar-refractivity contribution in [3.63, 3.8) is 0 Å². The highest BCUT2D eigenvalue weighted by molar-refractivity contribution is 5.76. The molecule has 0 radical (unpaired) electrons. The van der Waals surface area contributed by atoms with E-state index in [0.717, 1.165) is 38.5 Å². The van der Waals surface area contributed by atoms with Gasteiger partial charge in [0, 0.05) is 12.8 Å². The van der Waals surface area contributed by atoms with Crippen LogP contribution < -0.4 is 5.32 Å². The maximum atomic E-state index is 12.5. The second kappa shape index (κ2) is 69.1. The Morgan fingerprint density at radius 3 is 0.899 bits per heavy atom. The number of hydrogen-bond acceptors (Lipinski definition) is 5. The number of rotatable bonds is 69. The van der Waals surface area contributed by atoms with Crippen LogP contribution in [0.15, 0.2) is 12.2 Å². The van der Waals surface area contributed by atoms with Crippen molar-refractivity contribution in [3.05, 3.63) is 12.2 Å². The zero-order valence-corrected chi connectivity index (χ0v) is 53.9. The first-order valence-electron chi connectivity index (χ1n) is 36.4. The molecule has 3 N–H and O–H groups in total. The Kier molecular flexibility index (Phi) is 67.9. The van der Waals surface area contributed by atoms with E-state index in [-0.39, 0.29) is 18.5 Å². The van der Waals surface area contributed by atoms with E-state index in [1.807, 2.05) is 0 Å². The van der Waals surface area contributed by atoms with E-state index in [2.05, 4.69) is 31.3 Å². The first kappa shape index (κ1) is 77.6. The lowest BCUT2D eigenvalue weighted by atomic mass is 10.0. The number of nitrogens with one attached hydrogen (secondary N) is 1. The second-order valence-electron chi connectivity index (χ2n) is 25.3. The molecule has 0 aliphatic heterocycles. The number of hydrogen-bond donors (Lipinski definition) is 3. The summed E-state index contributed by atoms with van der Waals surface area (Å²) >= 11 is 0. The molecule has 0 aliphatic carbocycles. The molecule has 1 amide bonds. The van der Waals surface area contributed by atoms with E-state index in [9.17, 15) is 19.8 Å². The molecule has 2 atom stereocenters. The van der Waals surface area contributed by atoms with E-state index < -0.39 is 12.1 Å². The molecule has 0 aromatic rings. The quantitative estimate of drug-likeness (QED) is 0.0320. The van der Waals surface area contributed by atoms with E-state index in [0.29, 0.717) is 25.9 Å². The third-order valence-corrected chi connectivity index (χ3v) is 17.3. The van der Waals surface area contributed by atoms with Crippen LogP contribution >= 0.6 is 0 Å². The lowest BCUT2D eigenvalue weighted by Gasteiger charge is -2.22. The van der Waals surface area contributed by atoms with Crippen LogP contribution in [0, 0.1) is 0 Å². The molecular weight excluding hydrogens is 971 g/mol. The molecule has 79 heavy (non-hydrogen) atoms. The van der Waals surface area contributed by atoms with Crippen molar-refractivity contribution >= 4 is 11.9 Å². The molecule has 0 aromatic heterocycles. The van der Waals surface area contributed by atoms with Gasteiger partial charge in [-0.25, -0.2) is 0 Å². The minimum Gasteiger partial charge on any atom is -0.466 e. The van der Waals surface area contributed by atoms with Crippen LogP contribution in [0.2, 0.25) is 0 Å². The minimum atomic E-state index is -0.663. The van der Waals surface area contributed by atoms with Gasteiger partial charge in [-0.2, -0.15) is 0 Å². The largest absolute Gasteiger partial charge is 0.466 e. The van der Waals surface area contributed by atoms with E-state index in [1.165, 1.54) is 347 Å². The maximum absolute atomic E-state index is 12.5. The molecule has 6 heteroatoms. The summed E-state index contributed by atoms with van der Waals surface area (Å²) in [5.74, 6) is -0.00958. The molecule has 0 rings (SSSR count). The van der Waals surface area contributed by atoms with E-state index in [4.69, 9.17) is 4.74 Å². The molecule has 470 valence electrons. The highest BCUT2D eigenvalue weighted by Crippen LogP contribution is 2.19. The van der Waals surface area contributed by atoms with Crippen molar-refractivity contribution in [2.45, 2.75) is 431 Å². The standard InChI is InChI=1S/C73H143NO5/c1-3-5-7-9-11-13-15-16-17-18-19-33-36-39-42-46-49-53-57-61-65-71(76)70(69-75)74-72(77)66-62-58-54-50-47-43-40-37-34-31-29-27-25-23-21-20-22-24-26-28-30-32-35-38-41-44-48-52-56-60-64-68-79-73(78)67-63-59-55-51-45-14-12-10-8-6-4-2/h22,24,70-71,75-76H,3-21,23,25-69H2,1-2H3,(H,74,77)/b24-22-. The maximum Gasteiger partial charge on any atom is 0.305 e. The van der Waals surface area contributed by atoms with Crippen LogP contribution in [0.5, 0.6) is 0 Å². The van der Waals surface area contributed by atoms with Gasteiger partial charge in [0.05, 0.1) is 25.4 Å². The van der Waals surface area contributed by atoms with Crippen LogP contribution in [0.1, 0.15) is 418 Å². The molecule has 0 fully saturated rings. The normalized spacial score (nSPS) is 12.5. The SMILES string of the molecule is CCCCCCCCCCCCCCCCCCCCCCC(O)C(CO)NC(=O)CCCCCCCCCCCCCCCCC/C=C\CCCCCCCCCCCCCCOC(=O)CCCCCCCCCCCCC. The highest BCUT2D eigenvalue weighted by atomic mass is 16.5. The monoisotopic (exact) mass is 1110 g/mol. The van der Waals surface area contributed by atoms with Gasteiger partial charge in [0.25, 0.3) is 0 Å². The van der Waals surface area contributed by atoms with Gasteiger partial charge in [-0.1, -0.05) is 366 Å². The summed E-state index contributed by atoms with van der Waals surface area (Å²) in [5.41, 5.74) is 0. The molecule has 2 unspecified atom stereocenters. The number of amides is 1. The fourth-order valence-corrected chi connectivity index (χ4v) is 11.8. The number of carbonyl (C=O) groups is 2. The third kappa shape index (κ3) is 65.6. The first-order valence-corrected chi connectivity index (χ1v) is 36.4. The van der Waals surface area contributed by atoms with Gasteiger partial charge < -0.3 is 20.3 Å². The van der Waals surface area contributed by atoms with E-state index >= 15 is 0 Å². The van der Waals surface area contributed by atoms with Crippen LogP contribution in [-0.2, 0) is 14.3 Å².